The molecule has 0 saturated heterocycles. The lowest BCUT2D eigenvalue weighted by atomic mass is 9.63. The maximum atomic E-state index is 12.4. The Morgan fingerprint density at radius 3 is 1.87 bits per heavy atom. The molecule has 0 heterocycles. The third kappa shape index (κ3) is 7.52. The minimum atomic E-state index is -2.12. The normalized spacial score (nSPS) is 18.0. The van der Waals surface area contributed by atoms with Crippen molar-refractivity contribution >= 4 is 0 Å². The van der Waals surface area contributed by atoms with Crippen LogP contribution in [0.4, 0.5) is 8.78 Å². The van der Waals surface area contributed by atoms with E-state index in [1.54, 1.807) is 0 Å². The van der Waals surface area contributed by atoms with Gasteiger partial charge in [-0.2, -0.15) is 0 Å². The van der Waals surface area contributed by atoms with Gasteiger partial charge in [0.1, 0.15) is 0 Å². The van der Waals surface area contributed by atoms with Crippen LogP contribution in [0.3, 0.4) is 0 Å². The highest BCUT2D eigenvalue weighted by Crippen LogP contribution is 2.49. The Morgan fingerprint density at radius 1 is 0.870 bits per heavy atom. The first-order valence-electron chi connectivity index (χ1n) is 10.3. The lowest BCUT2D eigenvalue weighted by molar-refractivity contribution is 0.0772. The van der Waals surface area contributed by atoms with Crippen LogP contribution in [-0.4, -0.2) is 6.43 Å². The summed E-state index contributed by atoms with van der Waals surface area (Å²) in [7, 11) is 0. The Bertz CT molecular complexity index is 274. The largest absolute Gasteiger partial charge is 0.238 e. The molecular weight excluding hydrogens is 290 g/mol. The summed E-state index contributed by atoms with van der Waals surface area (Å²) in [6.07, 6.45) is 14.2. The van der Waals surface area contributed by atoms with E-state index in [9.17, 15) is 8.78 Å². The summed E-state index contributed by atoms with van der Waals surface area (Å²) in [6.45, 7) is 7.09. The quantitative estimate of drug-likeness (QED) is 0.300. The number of halogens is 2. The van der Waals surface area contributed by atoms with Crippen molar-refractivity contribution in [3.05, 3.63) is 0 Å². The smallest absolute Gasteiger partial charge is 0.211 e. The minimum Gasteiger partial charge on any atom is -0.211 e. The van der Waals surface area contributed by atoms with E-state index in [1.807, 2.05) is 0 Å². The van der Waals surface area contributed by atoms with Crippen LogP contribution in [0.25, 0.3) is 0 Å². The van der Waals surface area contributed by atoms with Gasteiger partial charge < -0.3 is 0 Å². The van der Waals surface area contributed by atoms with Gasteiger partial charge in [0.2, 0.25) is 6.43 Å². The van der Waals surface area contributed by atoms with Gasteiger partial charge in [0.05, 0.1) is 0 Å². The molecule has 0 amide bonds. The van der Waals surface area contributed by atoms with Gasteiger partial charge in [-0.05, 0) is 42.9 Å². The molecule has 0 spiro atoms. The molecule has 0 aromatic rings. The van der Waals surface area contributed by atoms with Crippen molar-refractivity contribution in [2.75, 3.05) is 0 Å². The topological polar surface area (TPSA) is 0 Å². The molecule has 138 valence electrons. The second-order valence-corrected chi connectivity index (χ2v) is 8.19. The van der Waals surface area contributed by atoms with Crippen molar-refractivity contribution in [2.24, 2.45) is 17.3 Å². The zero-order valence-electron chi connectivity index (χ0n) is 15.9. The van der Waals surface area contributed by atoms with Gasteiger partial charge in [0.25, 0.3) is 0 Å². The molecule has 0 nitrogen and oxygen atoms in total. The third-order valence-corrected chi connectivity index (χ3v) is 6.25. The molecule has 0 aliphatic heterocycles. The number of rotatable bonds is 13. The Balaban J connectivity index is 2.70. The Morgan fingerprint density at radius 2 is 1.39 bits per heavy atom. The van der Waals surface area contributed by atoms with Gasteiger partial charge in [0.15, 0.2) is 0 Å². The average Bonchev–Trinajstić information content (AvgIpc) is 3.04. The van der Waals surface area contributed by atoms with Gasteiger partial charge in [0, 0.05) is 6.42 Å². The molecular formula is C21H40F2. The first-order chi connectivity index (χ1) is 11.0. The van der Waals surface area contributed by atoms with Crippen molar-refractivity contribution in [1.29, 1.82) is 0 Å². The van der Waals surface area contributed by atoms with Crippen molar-refractivity contribution in [3.63, 3.8) is 0 Å². The van der Waals surface area contributed by atoms with E-state index < -0.39 is 6.43 Å². The predicted molar refractivity (Wildman–Crippen MR) is 97.1 cm³/mol. The summed E-state index contributed by atoms with van der Waals surface area (Å²) in [6, 6.07) is 0. The molecule has 1 aliphatic carbocycles. The number of hydrogen-bond acceptors (Lipinski definition) is 0. The van der Waals surface area contributed by atoms with Crippen LogP contribution in [0.15, 0.2) is 0 Å². The van der Waals surface area contributed by atoms with E-state index in [2.05, 4.69) is 20.8 Å². The van der Waals surface area contributed by atoms with Gasteiger partial charge in [-0.25, -0.2) is 8.78 Å². The van der Waals surface area contributed by atoms with Crippen LogP contribution in [0.1, 0.15) is 111 Å². The fourth-order valence-electron chi connectivity index (χ4n) is 4.83. The first-order valence-corrected chi connectivity index (χ1v) is 10.3. The van der Waals surface area contributed by atoms with E-state index in [0.717, 1.165) is 18.3 Å². The number of unbranched alkanes of at least 4 members (excludes halogenated alkanes) is 3. The number of alkyl halides is 2. The molecule has 0 N–H and O–H groups in total. The molecule has 0 radical (unpaired) electrons. The molecule has 2 heteroatoms. The lowest BCUT2D eigenvalue weighted by Gasteiger charge is -2.42. The first kappa shape index (κ1) is 20.9. The summed E-state index contributed by atoms with van der Waals surface area (Å²) >= 11 is 0. The van der Waals surface area contributed by atoms with Crippen molar-refractivity contribution in [1.82, 2.24) is 0 Å². The Hall–Kier alpha value is -0.140. The molecule has 0 aromatic heterocycles. The molecule has 1 fully saturated rings. The van der Waals surface area contributed by atoms with Gasteiger partial charge in [-0.15, -0.1) is 0 Å². The molecule has 0 aromatic carbocycles. The highest BCUT2D eigenvalue weighted by atomic mass is 19.3. The van der Waals surface area contributed by atoms with Crippen LogP contribution in [0.5, 0.6) is 0 Å². The zero-order chi connectivity index (χ0) is 17.1. The van der Waals surface area contributed by atoms with Crippen molar-refractivity contribution in [3.8, 4) is 0 Å². The van der Waals surface area contributed by atoms with Crippen LogP contribution >= 0.6 is 0 Å². The molecule has 1 aliphatic rings. The Kier molecular flexibility index (Phi) is 10.4. The lowest BCUT2D eigenvalue weighted by Crippen LogP contribution is -2.32. The van der Waals surface area contributed by atoms with Crippen LogP contribution < -0.4 is 0 Å². The van der Waals surface area contributed by atoms with Crippen LogP contribution in [0, 0.1) is 17.3 Å². The fourth-order valence-corrected chi connectivity index (χ4v) is 4.83. The fraction of sp³-hybridized carbons (Fsp3) is 1.00. The molecule has 1 saturated carbocycles. The summed E-state index contributed by atoms with van der Waals surface area (Å²) in [5.74, 6) is 1.63. The van der Waals surface area contributed by atoms with Crippen molar-refractivity contribution in [2.45, 2.75) is 117 Å². The van der Waals surface area contributed by atoms with E-state index in [1.165, 1.54) is 70.6 Å². The summed E-state index contributed by atoms with van der Waals surface area (Å²) in [5, 5.41) is 0. The van der Waals surface area contributed by atoms with Crippen molar-refractivity contribution < 1.29 is 8.78 Å². The Labute approximate surface area is 143 Å². The van der Waals surface area contributed by atoms with E-state index in [4.69, 9.17) is 0 Å². The SMILES string of the molecule is CCCCC(C)(CCCC)C(CCCCC(F)F)C1CCCC1. The monoisotopic (exact) mass is 330 g/mol. The van der Waals surface area contributed by atoms with Gasteiger partial charge >= 0.3 is 0 Å². The van der Waals surface area contributed by atoms with Crippen LogP contribution in [0.2, 0.25) is 0 Å². The summed E-state index contributed by atoms with van der Waals surface area (Å²) in [4.78, 5) is 0. The minimum absolute atomic E-state index is 0.0953. The second-order valence-electron chi connectivity index (χ2n) is 8.19. The zero-order valence-corrected chi connectivity index (χ0v) is 15.9. The van der Waals surface area contributed by atoms with E-state index in [0.29, 0.717) is 11.8 Å². The highest BCUT2D eigenvalue weighted by Gasteiger charge is 2.38. The number of hydrogen-bond donors (Lipinski definition) is 0. The highest BCUT2D eigenvalue weighted by molar-refractivity contribution is 4.89. The average molecular weight is 331 g/mol. The molecule has 1 rings (SSSR count). The molecule has 0 bridgehead atoms. The van der Waals surface area contributed by atoms with Crippen LogP contribution in [-0.2, 0) is 0 Å². The second kappa shape index (κ2) is 11.4. The maximum absolute atomic E-state index is 12.4. The van der Waals surface area contributed by atoms with Gasteiger partial charge in [-0.3, -0.25) is 0 Å². The van der Waals surface area contributed by atoms with Gasteiger partial charge in [-0.1, -0.05) is 78.6 Å². The predicted octanol–water partition coefficient (Wildman–Crippen LogP) is 8.01. The molecule has 23 heavy (non-hydrogen) atoms. The van der Waals surface area contributed by atoms with E-state index >= 15 is 0 Å². The summed E-state index contributed by atoms with van der Waals surface area (Å²) in [5.41, 5.74) is 0.436. The standard InChI is InChI=1S/C21H40F2/c1-4-6-16-21(3,17-7-5-2)19(18-12-8-9-13-18)14-10-11-15-20(22)23/h18-20H,4-17H2,1-3H3. The maximum Gasteiger partial charge on any atom is 0.238 e. The molecule has 1 atom stereocenters. The summed E-state index contributed by atoms with van der Waals surface area (Å²) < 4.78 is 24.9. The molecule has 1 unspecified atom stereocenters. The third-order valence-electron chi connectivity index (χ3n) is 6.25. The van der Waals surface area contributed by atoms with E-state index in [-0.39, 0.29) is 6.42 Å².